The topological polar surface area (TPSA) is 152 Å². The Bertz CT molecular complexity index is 1630. The van der Waals surface area contributed by atoms with Gasteiger partial charge in [-0.1, -0.05) is 48.5 Å². The van der Waals surface area contributed by atoms with Crippen molar-refractivity contribution in [3.05, 3.63) is 95.6 Å². The number of para-hydroxylation sites is 1. The fourth-order valence-electron chi connectivity index (χ4n) is 5.91. The molecule has 0 radical (unpaired) electrons. The number of amides is 4. The average molecular weight is 672 g/mol. The van der Waals surface area contributed by atoms with Crippen LogP contribution in [0.4, 0.5) is 0 Å². The number of carbonyl (C=O) groups is 5. The Morgan fingerprint density at radius 3 is 2.33 bits per heavy atom. The van der Waals surface area contributed by atoms with Gasteiger partial charge in [0.05, 0.1) is 31.5 Å². The van der Waals surface area contributed by atoms with E-state index in [1.807, 2.05) is 55.4 Å². The van der Waals surface area contributed by atoms with Gasteiger partial charge < -0.3 is 35.2 Å². The van der Waals surface area contributed by atoms with Crippen molar-refractivity contribution in [1.29, 1.82) is 0 Å². The Morgan fingerprint density at radius 1 is 0.939 bits per heavy atom. The molecule has 0 saturated heterocycles. The summed E-state index contributed by atoms with van der Waals surface area (Å²) in [5.41, 5.74) is 6.94. The largest absolute Gasteiger partial charge is 0.466 e. The van der Waals surface area contributed by atoms with Crippen LogP contribution in [0.1, 0.15) is 60.1 Å². The predicted molar refractivity (Wildman–Crippen MR) is 184 cm³/mol. The van der Waals surface area contributed by atoms with E-state index in [2.05, 4.69) is 5.32 Å². The second-order valence-electron chi connectivity index (χ2n) is 12.2. The smallest absolute Gasteiger partial charge is 0.307 e. The number of ether oxygens (including phenoxy) is 2. The molecule has 1 aliphatic rings. The first-order valence-corrected chi connectivity index (χ1v) is 16.4. The van der Waals surface area contributed by atoms with Crippen LogP contribution >= 0.6 is 0 Å². The molecular formula is C37H45N5O7. The molecule has 4 amide bonds. The van der Waals surface area contributed by atoms with Crippen LogP contribution in [0.3, 0.4) is 0 Å². The standard InChI is InChI=1S/C37H45N5O7/c1-5-48-33(45)22-25(2)39-36(46)34-29-16-9-10-17-30(29)37(47)42(19-18-32(44)41(24-31(38)43)21-20-40(3)4)35(34)26-12-11-15-28(23-26)49-27-13-7-6-8-14-27/h6-17,23,25,34-35H,5,18-22,24H2,1-4H3,(H2,38,43)(H,39,46). The van der Waals surface area contributed by atoms with Crippen molar-refractivity contribution in [2.24, 2.45) is 5.73 Å². The average Bonchev–Trinajstić information content (AvgIpc) is 3.06. The van der Waals surface area contributed by atoms with E-state index in [0.717, 1.165) is 0 Å². The van der Waals surface area contributed by atoms with Gasteiger partial charge in [-0.2, -0.15) is 0 Å². The normalized spacial score (nSPS) is 16.0. The van der Waals surface area contributed by atoms with Gasteiger partial charge in [-0.3, -0.25) is 24.0 Å². The summed E-state index contributed by atoms with van der Waals surface area (Å²) in [5, 5.41) is 2.96. The maximum Gasteiger partial charge on any atom is 0.307 e. The molecule has 3 aromatic rings. The van der Waals surface area contributed by atoms with Gasteiger partial charge in [-0.15, -0.1) is 0 Å². The Labute approximate surface area is 287 Å². The van der Waals surface area contributed by atoms with Crippen molar-refractivity contribution in [1.82, 2.24) is 20.0 Å². The van der Waals surface area contributed by atoms with Crippen LogP contribution in [0.5, 0.6) is 11.5 Å². The summed E-state index contributed by atoms with van der Waals surface area (Å²) >= 11 is 0. The Hall–Kier alpha value is -5.23. The third kappa shape index (κ3) is 9.89. The zero-order valence-corrected chi connectivity index (χ0v) is 28.5. The number of esters is 1. The maximum atomic E-state index is 14.3. The minimum absolute atomic E-state index is 0.0290. The summed E-state index contributed by atoms with van der Waals surface area (Å²) in [6.07, 6.45) is -0.141. The lowest BCUT2D eigenvalue weighted by Gasteiger charge is -2.42. The number of carbonyl (C=O) groups excluding carboxylic acids is 5. The van der Waals surface area contributed by atoms with Crippen LogP contribution in [0.25, 0.3) is 0 Å². The van der Waals surface area contributed by atoms with E-state index < -0.39 is 35.8 Å². The molecule has 0 bridgehead atoms. The number of benzene rings is 3. The zero-order chi connectivity index (χ0) is 35.5. The molecule has 3 atom stereocenters. The van der Waals surface area contributed by atoms with Crippen LogP contribution in [0.15, 0.2) is 78.9 Å². The fraction of sp³-hybridized carbons (Fsp3) is 0.378. The lowest BCUT2D eigenvalue weighted by atomic mass is 9.79. The predicted octanol–water partition coefficient (Wildman–Crippen LogP) is 3.48. The molecule has 3 N–H and O–H groups in total. The van der Waals surface area contributed by atoms with Crippen molar-refractivity contribution in [2.45, 2.75) is 44.7 Å². The molecule has 0 aromatic heterocycles. The second kappa shape index (κ2) is 17.3. The monoisotopic (exact) mass is 671 g/mol. The maximum absolute atomic E-state index is 14.3. The van der Waals surface area contributed by atoms with Crippen molar-refractivity contribution in [2.75, 3.05) is 46.9 Å². The second-order valence-corrected chi connectivity index (χ2v) is 12.2. The van der Waals surface area contributed by atoms with E-state index in [9.17, 15) is 24.0 Å². The highest BCUT2D eigenvalue weighted by atomic mass is 16.5. The fourth-order valence-corrected chi connectivity index (χ4v) is 5.91. The number of hydrogen-bond donors (Lipinski definition) is 2. The van der Waals surface area contributed by atoms with E-state index in [1.165, 1.54) is 9.80 Å². The molecule has 1 heterocycles. The summed E-state index contributed by atoms with van der Waals surface area (Å²) in [7, 11) is 3.71. The van der Waals surface area contributed by atoms with Crippen molar-refractivity contribution >= 4 is 29.6 Å². The summed E-state index contributed by atoms with van der Waals surface area (Å²) < 4.78 is 11.2. The van der Waals surface area contributed by atoms with Gasteiger partial charge in [-0.05, 0) is 69.4 Å². The first-order valence-electron chi connectivity index (χ1n) is 16.4. The van der Waals surface area contributed by atoms with Crippen LogP contribution < -0.4 is 15.8 Å². The lowest BCUT2D eigenvalue weighted by Crippen LogP contribution is -2.50. The molecule has 3 aromatic carbocycles. The Balaban J connectivity index is 1.74. The van der Waals surface area contributed by atoms with Crippen LogP contribution in [0, 0.1) is 0 Å². The minimum atomic E-state index is -0.906. The number of primary amides is 1. The molecule has 3 unspecified atom stereocenters. The number of nitrogens with two attached hydrogens (primary N) is 1. The van der Waals surface area contributed by atoms with Crippen LogP contribution in [0.2, 0.25) is 0 Å². The van der Waals surface area contributed by atoms with Gasteiger partial charge in [0.25, 0.3) is 5.91 Å². The first-order chi connectivity index (χ1) is 23.5. The Morgan fingerprint density at radius 2 is 1.63 bits per heavy atom. The first kappa shape index (κ1) is 36.6. The molecule has 0 fully saturated rings. The van der Waals surface area contributed by atoms with Gasteiger partial charge in [0, 0.05) is 37.7 Å². The zero-order valence-electron chi connectivity index (χ0n) is 28.5. The van der Waals surface area contributed by atoms with E-state index >= 15 is 0 Å². The molecule has 0 saturated carbocycles. The third-order valence-electron chi connectivity index (χ3n) is 8.15. The SMILES string of the molecule is CCOC(=O)CC(C)NC(=O)C1c2ccccc2C(=O)N(CCC(=O)N(CCN(C)C)CC(N)=O)C1c1cccc(Oc2ccccc2)c1. The third-order valence-corrected chi connectivity index (χ3v) is 8.15. The van der Waals surface area contributed by atoms with Crippen molar-refractivity contribution in [3.63, 3.8) is 0 Å². The van der Waals surface area contributed by atoms with E-state index in [4.69, 9.17) is 15.2 Å². The lowest BCUT2D eigenvalue weighted by molar-refractivity contribution is -0.143. The summed E-state index contributed by atoms with van der Waals surface area (Å²) in [4.78, 5) is 70.9. The molecule has 12 nitrogen and oxygen atoms in total. The molecule has 0 aliphatic carbocycles. The molecule has 4 rings (SSSR count). The summed E-state index contributed by atoms with van der Waals surface area (Å²) in [5.74, 6) is -1.97. The van der Waals surface area contributed by atoms with E-state index in [0.29, 0.717) is 34.7 Å². The number of likely N-dealkylation sites (N-methyl/N-ethyl adjacent to an activating group) is 1. The quantitative estimate of drug-likeness (QED) is 0.220. The molecule has 1 aliphatic heterocycles. The van der Waals surface area contributed by atoms with Gasteiger partial charge in [0.1, 0.15) is 11.5 Å². The minimum Gasteiger partial charge on any atom is -0.466 e. The molecule has 260 valence electrons. The van der Waals surface area contributed by atoms with Crippen molar-refractivity contribution in [3.8, 4) is 11.5 Å². The number of nitrogens with one attached hydrogen (secondary N) is 1. The molecule has 12 heteroatoms. The van der Waals surface area contributed by atoms with Gasteiger partial charge >= 0.3 is 5.97 Å². The van der Waals surface area contributed by atoms with E-state index in [-0.39, 0.29) is 50.9 Å². The highest BCUT2D eigenvalue weighted by Crippen LogP contribution is 2.44. The highest BCUT2D eigenvalue weighted by Gasteiger charge is 2.44. The summed E-state index contributed by atoms with van der Waals surface area (Å²) in [6.45, 7) is 4.15. The van der Waals surface area contributed by atoms with Crippen LogP contribution in [-0.4, -0.2) is 97.2 Å². The van der Waals surface area contributed by atoms with Gasteiger partial charge in [-0.25, -0.2) is 0 Å². The Kier molecular flexibility index (Phi) is 12.9. The number of nitrogens with zero attached hydrogens (tertiary/aromatic N) is 3. The van der Waals surface area contributed by atoms with Crippen molar-refractivity contribution < 1.29 is 33.4 Å². The van der Waals surface area contributed by atoms with Crippen LogP contribution in [-0.2, 0) is 23.9 Å². The van der Waals surface area contributed by atoms with E-state index in [1.54, 1.807) is 56.3 Å². The van der Waals surface area contributed by atoms with Gasteiger partial charge in [0.15, 0.2) is 0 Å². The number of hydrogen-bond acceptors (Lipinski definition) is 8. The molecule has 49 heavy (non-hydrogen) atoms. The molecular weight excluding hydrogens is 626 g/mol. The number of rotatable bonds is 16. The molecule has 0 spiro atoms. The van der Waals surface area contributed by atoms with Gasteiger partial charge in [0.2, 0.25) is 17.7 Å². The number of fused-ring (bicyclic) bond motifs is 1. The highest BCUT2D eigenvalue weighted by molar-refractivity contribution is 6.01. The summed E-state index contributed by atoms with van der Waals surface area (Å²) in [6, 6.07) is 21.9.